The number of para-hydroxylation sites is 1. The average Bonchev–Trinajstić information content (AvgIpc) is 2.39. The van der Waals surface area contributed by atoms with Gasteiger partial charge in [-0.05, 0) is 24.5 Å². The normalized spacial score (nSPS) is 20.3. The van der Waals surface area contributed by atoms with Gasteiger partial charge in [0, 0.05) is 12.2 Å². The second kappa shape index (κ2) is 5.50. The highest BCUT2D eigenvalue weighted by atomic mass is 16.5. The first-order valence-corrected chi connectivity index (χ1v) is 6.37. The van der Waals surface area contributed by atoms with Crippen LogP contribution in [-0.2, 0) is 16.0 Å². The molecule has 1 unspecified atom stereocenters. The lowest BCUT2D eigenvalue weighted by Crippen LogP contribution is -2.49. The molecule has 0 aliphatic carbocycles. The molecule has 2 N–H and O–H groups in total. The molecule has 98 valence electrons. The van der Waals surface area contributed by atoms with E-state index in [0.717, 1.165) is 17.7 Å². The van der Waals surface area contributed by atoms with Crippen LogP contribution >= 0.6 is 0 Å². The molecular weight excluding hydrogens is 228 g/mol. The van der Waals surface area contributed by atoms with E-state index < -0.39 is 0 Å². The lowest BCUT2D eigenvalue weighted by molar-refractivity contribution is -0.128. The number of nitrogens with two attached hydrogens (primary N) is 1. The number of anilines is 1. The number of ether oxygens (including phenoxy) is 1. The molecule has 1 aromatic rings. The van der Waals surface area contributed by atoms with Crippen LogP contribution in [-0.4, -0.2) is 31.7 Å². The van der Waals surface area contributed by atoms with Crippen molar-refractivity contribution in [2.75, 3.05) is 24.6 Å². The van der Waals surface area contributed by atoms with Crippen molar-refractivity contribution in [2.45, 2.75) is 26.4 Å². The van der Waals surface area contributed by atoms with Gasteiger partial charge >= 0.3 is 0 Å². The molecule has 4 heteroatoms. The van der Waals surface area contributed by atoms with Crippen molar-refractivity contribution in [2.24, 2.45) is 5.73 Å². The van der Waals surface area contributed by atoms with Crippen molar-refractivity contribution in [3.8, 4) is 0 Å². The quantitative estimate of drug-likeness (QED) is 0.876. The molecule has 1 amide bonds. The lowest BCUT2D eigenvalue weighted by atomic mass is 10.0. The maximum atomic E-state index is 12.0. The Bertz CT molecular complexity index is 445. The summed E-state index contributed by atoms with van der Waals surface area (Å²) < 4.78 is 5.39. The van der Waals surface area contributed by atoms with Crippen molar-refractivity contribution in [3.63, 3.8) is 0 Å². The van der Waals surface area contributed by atoms with Crippen LogP contribution in [0.4, 0.5) is 5.69 Å². The number of amides is 1. The van der Waals surface area contributed by atoms with Crippen molar-refractivity contribution >= 4 is 11.6 Å². The molecule has 0 spiro atoms. The number of carbonyl (C=O) groups is 1. The van der Waals surface area contributed by atoms with Gasteiger partial charge in [-0.3, -0.25) is 4.79 Å². The summed E-state index contributed by atoms with van der Waals surface area (Å²) >= 11 is 0. The second-order valence-corrected chi connectivity index (χ2v) is 4.61. The third kappa shape index (κ3) is 2.40. The van der Waals surface area contributed by atoms with E-state index in [1.165, 1.54) is 5.56 Å². The van der Waals surface area contributed by atoms with E-state index >= 15 is 0 Å². The number of benzene rings is 1. The number of hydrogen-bond acceptors (Lipinski definition) is 3. The molecule has 1 aliphatic heterocycles. The van der Waals surface area contributed by atoms with Gasteiger partial charge in [0.1, 0.15) is 6.61 Å². The first-order chi connectivity index (χ1) is 8.67. The van der Waals surface area contributed by atoms with E-state index in [1.807, 2.05) is 24.0 Å². The predicted octanol–water partition coefficient (Wildman–Crippen LogP) is 1.25. The topological polar surface area (TPSA) is 55.6 Å². The van der Waals surface area contributed by atoms with Crippen LogP contribution in [0.3, 0.4) is 0 Å². The van der Waals surface area contributed by atoms with E-state index in [-0.39, 0.29) is 18.6 Å². The van der Waals surface area contributed by atoms with Crippen LogP contribution in [0.2, 0.25) is 0 Å². The molecule has 1 fully saturated rings. The van der Waals surface area contributed by atoms with Gasteiger partial charge in [0.05, 0.1) is 12.6 Å². The number of morpholine rings is 1. The summed E-state index contributed by atoms with van der Waals surface area (Å²) in [6, 6.07) is 6.14. The van der Waals surface area contributed by atoms with Gasteiger partial charge in [-0.15, -0.1) is 0 Å². The largest absolute Gasteiger partial charge is 0.365 e. The number of carbonyl (C=O) groups excluding carboxylic acids is 1. The smallest absolute Gasteiger partial charge is 0.253 e. The SMILES string of the molecule is CCc1cccc(C)c1N1CC(CN)OCC1=O. The number of hydrogen-bond donors (Lipinski definition) is 1. The molecule has 0 bridgehead atoms. The minimum absolute atomic E-state index is 0.0173. The van der Waals surface area contributed by atoms with Gasteiger partial charge in [0.15, 0.2) is 0 Å². The highest BCUT2D eigenvalue weighted by molar-refractivity contribution is 5.96. The van der Waals surface area contributed by atoms with Gasteiger partial charge in [-0.2, -0.15) is 0 Å². The summed E-state index contributed by atoms with van der Waals surface area (Å²) in [5.74, 6) is 0.0173. The second-order valence-electron chi connectivity index (χ2n) is 4.61. The minimum atomic E-state index is -0.0630. The van der Waals surface area contributed by atoms with Crippen molar-refractivity contribution < 1.29 is 9.53 Å². The van der Waals surface area contributed by atoms with E-state index in [9.17, 15) is 4.79 Å². The maximum Gasteiger partial charge on any atom is 0.253 e. The highest BCUT2D eigenvalue weighted by Crippen LogP contribution is 2.27. The van der Waals surface area contributed by atoms with Crippen LogP contribution in [0.1, 0.15) is 18.1 Å². The Hall–Kier alpha value is -1.39. The van der Waals surface area contributed by atoms with Gasteiger partial charge in [0.25, 0.3) is 5.91 Å². The van der Waals surface area contributed by atoms with Crippen LogP contribution in [0.15, 0.2) is 18.2 Å². The van der Waals surface area contributed by atoms with Gasteiger partial charge in [-0.1, -0.05) is 25.1 Å². The molecule has 2 rings (SSSR count). The molecule has 0 saturated carbocycles. The monoisotopic (exact) mass is 248 g/mol. The first kappa shape index (κ1) is 13.1. The van der Waals surface area contributed by atoms with E-state index in [0.29, 0.717) is 13.1 Å². The Morgan fingerprint density at radius 2 is 2.28 bits per heavy atom. The summed E-state index contributed by atoms with van der Waals surface area (Å²) in [5, 5.41) is 0. The van der Waals surface area contributed by atoms with E-state index in [2.05, 4.69) is 13.0 Å². The fourth-order valence-corrected chi connectivity index (χ4v) is 2.38. The van der Waals surface area contributed by atoms with Crippen molar-refractivity contribution in [1.82, 2.24) is 0 Å². The number of aryl methyl sites for hydroxylation is 2. The van der Waals surface area contributed by atoms with E-state index in [1.54, 1.807) is 0 Å². The minimum Gasteiger partial charge on any atom is -0.365 e. The zero-order chi connectivity index (χ0) is 13.1. The molecule has 1 heterocycles. The zero-order valence-electron chi connectivity index (χ0n) is 11.0. The molecule has 1 saturated heterocycles. The number of rotatable bonds is 3. The maximum absolute atomic E-state index is 12.0. The third-order valence-electron chi connectivity index (χ3n) is 3.36. The van der Waals surface area contributed by atoms with Crippen molar-refractivity contribution in [1.29, 1.82) is 0 Å². The van der Waals surface area contributed by atoms with Gasteiger partial charge in [-0.25, -0.2) is 0 Å². The molecular formula is C14H20N2O2. The fraction of sp³-hybridized carbons (Fsp3) is 0.500. The molecule has 18 heavy (non-hydrogen) atoms. The Balaban J connectivity index is 2.37. The summed E-state index contributed by atoms with van der Waals surface area (Å²) in [5.41, 5.74) is 8.99. The fourth-order valence-electron chi connectivity index (χ4n) is 2.38. The molecule has 1 aromatic carbocycles. The van der Waals surface area contributed by atoms with Crippen LogP contribution in [0.25, 0.3) is 0 Å². The molecule has 1 atom stereocenters. The van der Waals surface area contributed by atoms with Crippen LogP contribution < -0.4 is 10.6 Å². The summed E-state index contributed by atoms with van der Waals surface area (Å²) in [6.45, 7) is 5.25. The summed E-state index contributed by atoms with van der Waals surface area (Å²) in [7, 11) is 0. The Kier molecular flexibility index (Phi) is 3.99. The standard InChI is InChI=1S/C14H20N2O2/c1-3-11-6-4-5-10(2)14(11)16-8-12(7-15)18-9-13(16)17/h4-6,12H,3,7-9,15H2,1-2H3. The molecule has 0 radical (unpaired) electrons. The Morgan fingerprint density at radius 1 is 1.50 bits per heavy atom. The molecule has 4 nitrogen and oxygen atoms in total. The first-order valence-electron chi connectivity index (χ1n) is 6.37. The lowest BCUT2D eigenvalue weighted by Gasteiger charge is -2.34. The molecule has 1 aliphatic rings. The van der Waals surface area contributed by atoms with E-state index in [4.69, 9.17) is 10.5 Å². The molecule has 0 aromatic heterocycles. The average molecular weight is 248 g/mol. The Morgan fingerprint density at radius 3 is 2.94 bits per heavy atom. The van der Waals surface area contributed by atoms with Crippen molar-refractivity contribution in [3.05, 3.63) is 29.3 Å². The Labute approximate surface area is 108 Å². The van der Waals surface area contributed by atoms with Crippen LogP contribution in [0, 0.1) is 6.92 Å². The van der Waals surface area contributed by atoms with Gasteiger partial charge < -0.3 is 15.4 Å². The highest BCUT2D eigenvalue weighted by Gasteiger charge is 2.28. The zero-order valence-corrected chi connectivity index (χ0v) is 11.0. The summed E-state index contributed by atoms with van der Waals surface area (Å²) in [4.78, 5) is 13.9. The number of nitrogens with zero attached hydrogens (tertiary/aromatic N) is 1. The van der Waals surface area contributed by atoms with Gasteiger partial charge in [0.2, 0.25) is 0 Å². The van der Waals surface area contributed by atoms with Crippen LogP contribution in [0.5, 0.6) is 0 Å². The third-order valence-corrected chi connectivity index (χ3v) is 3.36. The predicted molar refractivity (Wildman–Crippen MR) is 71.7 cm³/mol. The summed E-state index contributed by atoms with van der Waals surface area (Å²) in [6.07, 6.45) is 0.849.